The first-order valence-corrected chi connectivity index (χ1v) is 6.77. The predicted molar refractivity (Wildman–Crippen MR) is 84.3 cm³/mol. The van der Waals surface area contributed by atoms with Crippen LogP contribution in [0.5, 0.6) is 0 Å². The third-order valence-electron chi connectivity index (χ3n) is 2.94. The number of halogens is 1. The van der Waals surface area contributed by atoms with Gasteiger partial charge in [0.15, 0.2) is 0 Å². The Hall–Kier alpha value is -2.86. The van der Waals surface area contributed by atoms with Gasteiger partial charge in [-0.25, -0.2) is 9.18 Å². The number of hydrogen-bond acceptors (Lipinski definition) is 2. The van der Waals surface area contributed by atoms with E-state index in [2.05, 4.69) is 11.8 Å². The van der Waals surface area contributed by atoms with Gasteiger partial charge in [0.05, 0.1) is 7.11 Å². The van der Waals surface area contributed by atoms with Crippen molar-refractivity contribution in [3.05, 3.63) is 77.1 Å². The maximum absolute atomic E-state index is 12.9. The summed E-state index contributed by atoms with van der Waals surface area (Å²) in [7, 11) is 1.32. The van der Waals surface area contributed by atoms with Gasteiger partial charge in [-0.3, -0.25) is 0 Å². The lowest BCUT2D eigenvalue weighted by atomic mass is 10.1. The van der Waals surface area contributed by atoms with Crippen molar-refractivity contribution in [3.63, 3.8) is 0 Å². The van der Waals surface area contributed by atoms with Crippen molar-refractivity contribution in [2.24, 2.45) is 0 Å². The van der Waals surface area contributed by atoms with Crippen LogP contribution in [0.25, 0.3) is 6.08 Å². The van der Waals surface area contributed by atoms with Gasteiger partial charge in [-0.1, -0.05) is 42.2 Å². The molecule has 0 spiro atoms. The highest BCUT2D eigenvalue weighted by molar-refractivity contribution is 5.94. The van der Waals surface area contributed by atoms with Crippen LogP contribution in [0.3, 0.4) is 0 Å². The SMILES string of the molecule is COC(=O)/C(=C/c1ccc(F)cc1)CC#Cc1ccccc1. The van der Waals surface area contributed by atoms with E-state index in [4.69, 9.17) is 4.74 Å². The fourth-order valence-electron chi connectivity index (χ4n) is 1.84. The van der Waals surface area contributed by atoms with E-state index >= 15 is 0 Å². The average molecular weight is 294 g/mol. The van der Waals surface area contributed by atoms with Crippen molar-refractivity contribution in [1.82, 2.24) is 0 Å². The van der Waals surface area contributed by atoms with E-state index in [1.165, 1.54) is 19.2 Å². The van der Waals surface area contributed by atoms with Gasteiger partial charge in [-0.15, -0.1) is 0 Å². The van der Waals surface area contributed by atoms with E-state index < -0.39 is 5.97 Å². The van der Waals surface area contributed by atoms with Gasteiger partial charge in [0.25, 0.3) is 0 Å². The zero-order valence-corrected chi connectivity index (χ0v) is 12.2. The summed E-state index contributed by atoms with van der Waals surface area (Å²) in [5.74, 6) is 5.19. The Morgan fingerprint density at radius 2 is 1.82 bits per heavy atom. The first-order valence-electron chi connectivity index (χ1n) is 6.77. The molecule has 0 aromatic heterocycles. The molecule has 110 valence electrons. The Labute approximate surface area is 129 Å². The number of esters is 1. The fourth-order valence-corrected chi connectivity index (χ4v) is 1.84. The van der Waals surface area contributed by atoms with E-state index in [0.29, 0.717) is 5.57 Å². The molecule has 22 heavy (non-hydrogen) atoms. The summed E-state index contributed by atoms with van der Waals surface area (Å²) in [6.07, 6.45) is 1.92. The Balaban J connectivity index is 2.18. The maximum atomic E-state index is 12.9. The first-order chi connectivity index (χ1) is 10.7. The quantitative estimate of drug-likeness (QED) is 0.488. The Morgan fingerprint density at radius 1 is 1.14 bits per heavy atom. The molecule has 0 fully saturated rings. The smallest absolute Gasteiger partial charge is 0.334 e. The lowest BCUT2D eigenvalue weighted by Crippen LogP contribution is -2.04. The summed E-state index contributed by atoms with van der Waals surface area (Å²) in [6, 6.07) is 15.4. The second-order valence-electron chi connectivity index (χ2n) is 4.56. The molecule has 0 heterocycles. The minimum atomic E-state index is -0.438. The van der Waals surface area contributed by atoms with E-state index in [1.807, 2.05) is 30.3 Å². The number of benzene rings is 2. The second-order valence-corrected chi connectivity index (χ2v) is 4.56. The Morgan fingerprint density at radius 3 is 2.45 bits per heavy atom. The summed E-state index contributed by atoms with van der Waals surface area (Å²) in [5, 5.41) is 0. The standard InChI is InChI=1S/C19H15FO2/c1-22-19(21)17(14-16-10-12-18(20)13-11-16)9-5-8-15-6-3-2-4-7-15/h2-4,6-7,10-14H,9H2,1H3/b17-14+. The van der Waals surface area contributed by atoms with Gasteiger partial charge in [-0.05, 0) is 35.9 Å². The molecule has 0 saturated carbocycles. The van der Waals surface area contributed by atoms with Crippen LogP contribution in [0, 0.1) is 17.7 Å². The normalized spacial score (nSPS) is 10.5. The summed E-state index contributed by atoms with van der Waals surface area (Å²) in [6.45, 7) is 0. The maximum Gasteiger partial charge on any atom is 0.334 e. The Bertz CT molecular complexity index is 720. The van der Waals surface area contributed by atoms with Crippen LogP contribution in [0.2, 0.25) is 0 Å². The van der Waals surface area contributed by atoms with Crippen LogP contribution in [0.15, 0.2) is 60.2 Å². The third kappa shape index (κ3) is 4.60. The van der Waals surface area contributed by atoms with E-state index in [1.54, 1.807) is 18.2 Å². The average Bonchev–Trinajstić information content (AvgIpc) is 2.56. The van der Waals surface area contributed by atoms with Crippen molar-refractivity contribution >= 4 is 12.0 Å². The molecule has 0 saturated heterocycles. The zero-order chi connectivity index (χ0) is 15.8. The monoisotopic (exact) mass is 294 g/mol. The first kappa shape index (κ1) is 15.5. The molecule has 0 atom stereocenters. The molecule has 0 aliphatic rings. The number of hydrogen-bond donors (Lipinski definition) is 0. The van der Waals surface area contributed by atoms with Crippen molar-refractivity contribution in [2.45, 2.75) is 6.42 Å². The molecule has 0 bridgehead atoms. The molecule has 0 aliphatic heterocycles. The number of ether oxygens (including phenoxy) is 1. The highest BCUT2D eigenvalue weighted by atomic mass is 19.1. The summed E-state index contributed by atoms with van der Waals surface area (Å²) < 4.78 is 17.7. The van der Waals surface area contributed by atoms with Crippen LogP contribution >= 0.6 is 0 Å². The topological polar surface area (TPSA) is 26.3 Å². The van der Waals surface area contributed by atoms with Gasteiger partial charge in [-0.2, -0.15) is 0 Å². The van der Waals surface area contributed by atoms with Crippen LogP contribution < -0.4 is 0 Å². The molecular weight excluding hydrogens is 279 g/mol. The van der Waals surface area contributed by atoms with Crippen LogP contribution in [-0.2, 0) is 9.53 Å². The predicted octanol–water partition coefficient (Wildman–Crippen LogP) is 3.82. The molecule has 0 amide bonds. The van der Waals surface area contributed by atoms with Gasteiger partial charge < -0.3 is 4.74 Å². The summed E-state index contributed by atoms with van der Waals surface area (Å²) in [5.41, 5.74) is 2.04. The molecule has 2 aromatic rings. The fraction of sp³-hybridized carbons (Fsp3) is 0.105. The molecular formula is C19H15FO2. The largest absolute Gasteiger partial charge is 0.466 e. The van der Waals surface area contributed by atoms with E-state index in [-0.39, 0.29) is 12.2 Å². The van der Waals surface area contributed by atoms with E-state index in [9.17, 15) is 9.18 Å². The second kappa shape index (κ2) is 7.80. The minimum absolute atomic E-state index is 0.263. The van der Waals surface area contributed by atoms with Crippen molar-refractivity contribution < 1.29 is 13.9 Å². The molecule has 0 radical (unpaired) electrons. The third-order valence-corrected chi connectivity index (χ3v) is 2.94. The molecule has 0 N–H and O–H groups in total. The number of carbonyl (C=O) groups is 1. The van der Waals surface area contributed by atoms with Crippen LogP contribution in [0.4, 0.5) is 4.39 Å². The molecule has 2 rings (SSSR count). The Kier molecular flexibility index (Phi) is 5.50. The number of methoxy groups -OCH3 is 1. The highest BCUT2D eigenvalue weighted by Crippen LogP contribution is 2.12. The highest BCUT2D eigenvalue weighted by Gasteiger charge is 2.08. The van der Waals surface area contributed by atoms with Crippen molar-refractivity contribution in [1.29, 1.82) is 0 Å². The molecule has 2 nitrogen and oxygen atoms in total. The summed E-state index contributed by atoms with van der Waals surface area (Å²) >= 11 is 0. The zero-order valence-electron chi connectivity index (χ0n) is 12.2. The number of rotatable bonds is 3. The van der Waals surface area contributed by atoms with Gasteiger partial charge in [0.1, 0.15) is 5.82 Å². The molecule has 0 unspecified atom stereocenters. The minimum Gasteiger partial charge on any atom is -0.466 e. The van der Waals surface area contributed by atoms with Crippen LogP contribution in [0.1, 0.15) is 17.5 Å². The lowest BCUT2D eigenvalue weighted by Gasteiger charge is -2.02. The summed E-state index contributed by atoms with van der Waals surface area (Å²) in [4.78, 5) is 11.8. The van der Waals surface area contributed by atoms with Gasteiger partial charge in [0, 0.05) is 17.6 Å². The molecule has 3 heteroatoms. The van der Waals surface area contributed by atoms with Crippen molar-refractivity contribution in [2.75, 3.05) is 7.11 Å². The van der Waals surface area contributed by atoms with Gasteiger partial charge >= 0.3 is 5.97 Å². The van der Waals surface area contributed by atoms with E-state index in [0.717, 1.165) is 11.1 Å². The molecule has 0 aliphatic carbocycles. The van der Waals surface area contributed by atoms with Crippen LogP contribution in [-0.4, -0.2) is 13.1 Å². The van der Waals surface area contributed by atoms with Crippen molar-refractivity contribution in [3.8, 4) is 11.8 Å². The number of carbonyl (C=O) groups excluding carboxylic acids is 1. The lowest BCUT2D eigenvalue weighted by molar-refractivity contribution is -0.136. The molecule has 2 aromatic carbocycles. The van der Waals surface area contributed by atoms with Gasteiger partial charge in [0.2, 0.25) is 0 Å².